The van der Waals surface area contributed by atoms with Gasteiger partial charge in [0.1, 0.15) is 30.5 Å². The molecule has 3 heterocycles. The number of likely N-dealkylation sites (N-methyl/N-ethyl adjacent to an activating group) is 1. The third-order valence-electron chi connectivity index (χ3n) is 6.27. The number of aromatic nitrogens is 2. The lowest BCUT2D eigenvalue weighted by Crippen LogP contribution is -2.46. The van der Waals surface area contributed by atoms with E-state index in [4.69, 9.17) is 32.0 Å². The van der Waals surface area contributed by atoms with Crippen LogP contribution in [0.2, 0.25) is 5.02 Å². The van der Waals surface area contributed by atoms with Gasteiger partial charge in [-0.2, -0.15) is 5.10 Å². The van der Waals surface area contributed by atoms with E-state index in [0.717, 1.165) is 24.5 Å². The molecule has 4 N–H and O–H groups in total. The maximum atomic E-state index is 14.4. The molecule has 1 aromatic carbocycles. The molecule has 0 radical (unpaired) electrons. The van der Waals surface area contributed by atoms with Crippen molar-refractivity contribution in [2.24, 2.45) is 5.73 Å². The smallest absolute Gasteiger partial charge is 0.258 e. The van der Waals surface area contributed by atoms with Gasteiger partial charge in [0.2, 0.25) is 5.91 Å². The Morgan fingerprint density at radius 3 is 2.66 bits per heavy atom. The molecule has 0 bridgehead atoms. The van der Waals surface area contributed by atoms with Crippen molar-refractivity contribution < 1.29 is 33.4 Å². The van der Waals surface area contributed by atoms with E-state index in [0.29, 0.717) is 12.8 Å². The summed E-state index contributed by atoms with van der Waals surface area (Å²) in [6.07, 6.45) is 0.881. The van der Waals surface area contributed by atoms with E-state index in [2.05, 4.69) is 24.3 Å². The van der Waals surface area contributed by atoms with Crippen molar-refractivity contribution in [3.63, 3.8) is 0 Å². The topological polar surface area (TPSA) is 157 Å². The Morgan fingerprint density at radius 2 is 2.11 bits per heavy atom. The molecule has 0 aliphatic carbocycles. The van der Waals surface area contributed by atoms with Crippen LogP contribution in [0.1, 0.15) is 59.6 Å². The number of amides is 2. The largest absolute Gasteiger partial charge is 0.392 e. The van der Waals surface area contributed by atoms with Gasteiger partial charge in [-0.25, -0.2) is 4.39 Å². The maximum absolute atomic E-state index is 14.4. The van der Waals surface area contributed by atoms with Crippen LogP contribution in [-0.4, -0.2) is 64.4 Å². The summed E-state index contributed by atoms with van der Waals surface area (Å²) in [5.41, 5.74) is 7.36. The van der Waals surface area contributed by atoms with Gasteiger partial charge in [0.05, 0.1) is 36.7 Å². The zero-order valence-corrected chi connectivity index (χ0v) is 22.4. The normalized spacial score (nSPS) is 15.8. The Balaban J connectivity index is 0.000000284. The predicted molar refractivity (Wildman–Crippen MR) is 137 cm³/mol. The summed E-state index contributed by atoms with van der Waals surface area (Å²) in [5, 5.41) is 16.1. The molecule has 13 heteroatoms. The Labute approximate surface area is 225 Å². The number of rotatable bonds is 7. The van der Waals surface area contributed by atoms with E-state index >= 15 is 0 Å². The van der Waals surface area contributed by atoms with Crippen molar-refractivity contribution in [3.8, 4) is 0 Å². The van der Waals surface area contributed by atoms with Crippen LogP contribution < -0.4 is 11.1 Å². The van der Waals surface area contributed by atoms with Crippen LogP contribution in [-0.2, 0) is 51.0 Å². The first kappa shape index (κ1) is 31.0. The molecule has 1 atom stereocenters. The van der Waals surface area contributed by atoms with Gasteiger partial charge in [0.25, 0.3) is 5.91 Å². The molecule has 2 aliphatic heterocycles. The molecule has 1 unspecified atom stereocenters. The van der Waals surface area contributed by atoms with Gasteiger partial charge >= 0.3 is 0 Å². The fraction of sp³-hybridized carbons (Fsp3) is 0.480. The number of nitrogens with two attached hydrogens (primary N) is 1. The number of nitrogens with one attached hydrogen (secondary N) is 1. The van der Waals surface area contributed by atoms with Gasteiger partial charge < -0.3 is 35.4 Å². The van der Waals surface area contributed by atoms with Crippen molar-refractivity contribution in [2.45, 2.75) is 64.6 Å². The van der Waals surface area contributed by atoms with E-state index in [-0.39, 0.29) is 46.7 Å². The average Bonchev–Trinajstić information content (AvgIpc) is 3.50. The summed E-state index contributed by atoms with van der Waals surface area (Å²) in [6, 6.07) is 2.41. The van der Waals surface area contributed by atoms with Crippen molar-refractivity contribution >= 4 is 36.5 Å². The second-order valence-electron chi connectivity index (χ2n) is 8.96. The molecule has 0 saturated heterocycles. The van der Waals surface area contributed by atoms with Crippen molar-refractivity contribution in [3.05, 3.63) is 51.1 Å². The number of fused-ring (bicyclic) bond motifs is 2. The summed E-state index contributed by atoms with van der Waals surface area (Å²) < 4.78 is 22.0. The van der Waals surface area contributed by atoms with E-state index in [1.54, 1.807) is 0 Å². The van der Waals surface area contributed by atoms with Crippen LogP contribution in [0.5, 0.6) is 0 Å². The number of aldehydes is 1. The molecular formula is C25H33ClFN5O6. The van der Waals surface area contributed by atoms with Crippen LogP contribution in [0.15, 0.2) is 12.1 Å². The molecular weight excluding hydrogens is 521 g/mol. The second kappa shape index (κ2) is 13.6. The third-order valence-corrected chi connectivity index (χ3v) is 6.61. The monoisotopic (exact) mass is 553 g/mol. The zero-order valence-electron chi connectivity index (χ0n) is 21.6. The number of hydrogen-bond donors (Lipinski definition) is 3. The van der Waals surface area contributed by atoms with Gasteiger partial charge in [-0.1, -0.05) is 11.6 Å². The lowest BCUT2D eigenvalue weighted by Gasteiger charge is -2.30. The average molecular weight is 554 g/mol. The fourth-order valence-corrected chi connectivity index (χ4v) is 4.64. The standard InChI is InChI=1S/C15H16ClFN2O4.C9H15N3O.CH2O/c1-18-14(22)11(3-2-4-20)19-6-9-10(16)5-8(7-21)13(17)12(9)15(19)23;1-9(2)8-5-7(6-10)11-12(8)3-4-13-9;1-2/h4-5,11,21H,2-3,6-7H2,1H3,(H,18,22);5H,3-4,6,10H2,1-2H3;1H2. The number of halogens is 2. The van der Waals surface area contributed by atoms with Crippen LogP contribution in [0.25, 0.3) is 0 Å². The highest BCUT2D eigenvalue weighted by Crippen LogP contribution is 2.35. The molecule has 2 aromatic rings. The zero-order chi connectivity index (χ0) is 28.6. The molecule has 4 rings (SSSR count). The number of hydrogen-bond acceptors (Lipinski definition) is 8. The van der Waals surface area contributed by atoms with Gasteiger partial charge in [-0.15, -0.1) is 0 Å². The van der Waals surface area contributed by atoms with Gasteiger partial charge in [0.15, 0.2) is 0 Å². The van der Waals surface area contributed by atoms with Gasteiger partial charge in [0, 0.05) is 42.7 Å². The number of ether oxygens (including phenoxy) is 1. The summed E-state index contributed by atoms with van der Waals surface area (Å²) in [6.45, 7) is 7.56. The molecule has 2 aliphatic rings. The summed E-state index contributed by atoms with van der Waals surface area (Å²) in [7, 11) is 1.42. The molecule has 0 fully saturated rings. The number of aliphatic hydroxyl groups is 1. The summed E-state index contributed by atoms with van der Waals surface area (Å²) in [4.78, 5) is 44.3. The summed E-state index contributed by atoms with van der Waals surface area (Å²) >= 11 is 6.07. The first-order valence-corrected chi connectivity index (χ1v) is 12.2. The molecule has 11 nitrogen and oxygen atoms in total. The number of aliphatic hydroxyl groups excluding tert-OH is 1. The van der Waals surface area contributed by atoms with Crippen LogP contribution in [0.4, 0.5) is 4.39 Å². The van der Waals surface area contributed by atoms with Gasteiger partial charge in [-0.3, -0.25) is 14.3 Å². The number of carbonyl (C=O) groups is 4. The molecule has 0 saturated carbocycles. The molecule has 208 valence electrons. The highest BCUT2D eigenvalue weighted by molar-refractivity contribution is 6.32. The third kappa shape index (κ3) is 6.44. The quantitative estimate of drug-likeness (QED) is 0.435. The van der Waals surface area contributed by atoms with E-state index < -0.39 is 30.3 Å². The van der Waals surface area contributed by atoms with Crippen LogP contribution in [0.3, 0.4) is 0 Å². The van der Waals surface area contributed by atoms with E-state index in [9.17, 15) is 18.8 Å². The second-order valence-corrected chi connectivity index (χ2v) is 9.36. The van der Waals surface area contributed by atoms with Crippen LogP contribution in [0, 0.1) is 5.82 Å². The fourth-order valence-electron chi connectivity index (χ4n) is 4.35. The van der Waals surface area contributed by atoms with E-state index in [1.807, 2.05) is 17.5 Å². The Morgan fingerprint density at radius 1 is 1.42 bits per heavy atom. The minimum atomic E-state index is -0.891. The first-order chi connectivity index (χ1) is 18.1. The predicted octanol–water partition coefficient (Wildman–Crippen LogP) is 1.44. The van der Waals surface area contributed by atoms with Crippen molar-refractivity contribution in [1.29, 1.82) is 0 Å². The maximum Gasteiger partial charge on any atom is 0.258 e. The lowest BCUT2D eigenvalue weighted by atomic mass is 10.0. The Hall–Kier alpha value is -3.19. The number of nitrogens with zero attached hydrogens (tertiary/aromatic N) is 3. The van der Waals surface area contributed by atoms with Crippen molar-refractivity contribution in [2.75, 3.05) is 13.7 Å². The minimum Gasteiger partial charge on any atom is -0.392 e. The highest BCUT2D eigenvalue weighted by atomic mass is 35.5. The van der Waals surface area contributed by atoms with E-state index in [1.165, 1.54) is 18.0 Å². The Kier molecular flexibility index (Phi) is 11.1. The van der Waals surface area contributed by atoms with Crippen molar-refractivity contribution in [1.82, 2.24) is 20.0 Å². The lowest BCUT2D eigenvalue weighted by molar-refractivity contribution is -0.125. The molecule has 2 amide bonds. The highest BCUT2D eigenvalue weighted by Gasteiger charge is 2.39. The number of benzene rings is 1. The van der Waals surface area contributed by atoms with Gasteiger partial charge in [-0.05, 0) is 32.4 Å². The molecule has 0 spiro atoms. The minimum absolute atomic E-state index is 0.0213. The SMILES string of the molecule is C=O.CC1(C)OCCn2nc(CN)cc21.CNC(=O)C(CCC=O)N1Cc2c(Cl)cc(CO)c(F)c2C1=O. The molecule has 1 aromatic heterocycles. The Bertz CT molecular complexity index is 1170. The first-order valence-electron chi connectivity index (χ1n) is 11.9. The molecule has 38 heavy (non-hydrogen) atoms. The number of carbonyl (C=O) groups excluding carboxylic acids is 4. The van der Waals surface area contributed by atoms with Crippen LogP contribution >= 0.6 is 11.6 Å². The summed E-state index contributed by atoms with van der Waals surface area (Å²) in [5.74, 6) is -1.94.